The number of carbonyl (C=O) groups is 2. The zero-order chi connectivity index (χ0) is 21.8. The van der Waals surface area contributed by atoms with Gasteiger partial charge in [-0.05, 0) is 51.6 Å². The van der Waals surface area contributed by atoms with Crippen LogP contribution in [0.15, 0.2) is 17.1 Å². The summed E-state index contributed by atoms with van der Waals surface area (Å²) in [4.78, 5) is 36.6. The van der Waals surface area contributed by atoms with Crippen LogP contribution in [0.1, 0.15) is 26.2 Å². The number of piperazine rings is 1. The Morgan fingerprint density at radius 3 is 2.28 bits per heavy atom. The normalized spacial score (nSPS) is 30.1. The first-order chi connectivity index (χ1) is 15.1. The Balaban J connectivity index is 0.00000289. The second-order valence-corrected chi connectivity index (χ2v) is 9.37. The lowest BCUT2D eigenvalue weighted by molar-refractivity contribution is -0.140. The monoisotopic (exact) mass is 558 g/mol. The number of rotatable bonds is 9. The molecule has 4 aliphatic rings. The zero-order valence-electron chi connectivity index (χ0n) is 19.5. The predicted molar refractivity (Wildman–Crippen MR) is 137 cm³/mol. The third-order valence-corrected chi connectivity index (χ3v) is 7.28. The number of nitrogens with one attached hydrogen (secondary N) is 2. The lowest BCUT2D eigenvalue weighted by Gasteiger charge is -2.32. The molecule has 8 nitrogen and oxygen atoms in total. The van der Waals surface area contributed by atoms with E-state index in [1.807, 2.05) is 6.92 Å². The van der Waals surface area contributed by atoms with Crippen LogP contribution < -0.4 is 10.6 Å². The molecule has 4 unspecified atom stereocenters. The Hall–Kier alpha value is -1.20. The first kappa shape index (κ1) is 25.4. The number of likely N-dealkylation sites (tertiary alicyclic amines) is 1. The van der Waals surface area contributed by atoms with E-state index < -0.39 is 0 Å². The van der Waals surface area contributed by atoms with Crippen molar-refractivity contribution in [3.8, 4) is 0 Å². The van der Waals surface area contributed by atoms with Gasteiger partial charge in [-0.2, -0.15) is 0 Å². The van der Waals surface area contributed by atoms with Gasteiger partial charge >= 0.3 is 0 Å². The maximum atomic E-state index is 12.8. The van der Waals surface area contributed by atoms with Crippen molar-refractivity contribution >= 4 is 41.8 Å². The summed E-state index contributed by atoms with van der Waals surface area (Å²) in [6.45, 7) is 10.4. The van der Waals surface area contributed by atoms with E-state index in [2.05, 4.69) is 44.6 Å². The van der Waals surface area contributed by atoms with Crippen molar-refractivity contribution in [1.82, 2.24) is 25.3 Å². The first-order valence-corrected chi connectivity index (χ1v) is 12.0. The number of unbranched alkanes of at least 4 members (excludes halogenated alkanes) is 1. The molecule has 2 saturated heterocycles. The quantitative estimate of drug-likeness (QED) is 0.110. The number of imide groups is 1. The molecule has 0 aromatic heterocycles. The van der Waals surface area contributed by atoms with Crippen molar-refractivity contribution < 1.29 is 9.59 Å². The molecule has 4 atom stereocenters. The van der Waals surface area contributed by atoms with E-state index in [1.54, 1.807) is 0 Å². The van der Waals surface area contributed by atoms with E-state index in [1.165, 1.54) is 4.90 Å². The minimum absolute atomic E-state index is 0. The van der Waals surface area contributed by atoms with Crippen LogP contribution in [0.5, 0.6) is 0 Å². The molecule has 2 N–H and O–H groups in total. The molecule has 4 rings (SSSR count). The summed E-state index contributed by atoms with van der Waals surface area (Å²) in [5.41, 5.74) is 0. The Morgan fingerprint density at radius 1 is 1.00 bits per heavy atom. The van der Waals surface area contributed by atoms with Crippen LogP contribution in [-0.4, -0.2) is 98.4 Å². The van der Waals surface area contributed by atoms with Crippen molar-refractivity contribution in [2.24, 2.45) is 28.7 Å². The maximum Gasteiger partial charge on any atom is 0.233 e. The van der Waals surface area contributed by atoms with E-state index in [9.17, 15) is 9.59 Å². The van der Waals surface area contributed by atoms with Crippen molar-refractivity contribution in [3.63, 3.8) is 0 Å². The van der Waals surface area contributed by atoms with Gasteiger partial charge in [0, 0.05) is 52.4 Å². The Morgan fingerprint density at radius 2 is 1.66 bits per heavy atom. The fourth-order valence-electron chi connectivity index (χ4n) is 5.52. The fourth-order valence-corrected chi connectivity index (χ4v) is 5.52. The standard InChI is InChI=1S/C23H38N6O2.HI/c1-3-24-23(25-8-4-5-10-28-14-12-27(2)13-15-28)26-9-11-29-21(30)19-17-6-7-18(16-17)20(19)22(29)31;/h6-7,17-20H,3-5,8-16H2,1-2H3,(H2,24,25,26);1H. The summed E-state index contributed by atoms with van der Waals surface area (Å²) in [6.07, 6.45) is 7.47. The molecule has 2 amide bonds. The maximum absolute atomic E-state index is 12.8. The van der Waals surface area contributed by atoms with Crippen LogP contribution in [0.4, 0.5) is 0 Å². The number of hydrogen-bond donors (Lipinski definition) is 2. The van der Waals surface area contributed by atoms with Crippen molar-refractivity contribution in [2.75, 3.05) is 66.0 Å². The lowest BCUT2D eigenvalue weighted by Crippen LogP contribution is -2.44. The second kappa shape index (κ2) is 11.8. The Bertz CT molecular complexity index is 691. The molecule has 0 spiro atoms. The molecule has 2 heterocycles. The molecule has 0 aromatic rings. The molecule has 2 aliphatic carbocycles. The van der Waals surface area contributed by atoms with E-state index in [-0.39, 0.29) is 59.5 Å². The van der Waals surface area contributed by atoms with E-state index in [4.69, 9.17) is 0 Å². The highest BCUT2D eigenvalue weighted by Crippen LogP contribution is 2.52. The Labute approximate surface area is 209 Å². The van der Waals surface area contributed by atoms with Gasteiger partial charge in [-0.25, -0.2) is 0 Å². The number of likely N-dealkylation sites (N-methyl/N-ethyl adjacent to an activating group) is 1. The highest BCUT2D eigenvalue weighted by molar-refractivity contribution is 14.0. The van der Waals surface area contributed by atoms with Gasteiger partial charge in [0.25, 0.3) is 0 Å². The molecule has 9 heteroatoms. The average Bonchev–Trinajstić information content (AvgIpc) is 3.44. The summed E-state index contributed by atoms with van der Waals surface area (Å²) in [6, 6.07) is 0. The molecule has 3 fully saturated rings. The predicted octanol–water partition coefficient (Wildman–Crippen LogP) is 0.994. The number of fused-ring (bicyclic) bond motifs is 5. The van der Waals surface area contributed by atoms with Gasteiger partial charge in [0.15, 0.2) is 5.96 Å². The largest absolute Gasteiger partial charge is 0.357 e. The molecule has 1 saturated carbocycles. The molecule has 32 heavy (non-hydrogen) atoms. The van der Waals surface area contributed by atoms with Crippen molar-refractivity contribution in [3.05, 3.63) is 12.2 Å². The third-order valence-electron chi connectivity index (χ3n) is 7.28. The van der Waals surface area contributed by atoms with Crippen molar-refractivity contribution in [1.29, 1.82) is 0 Å². The van der Waals surface area contributed by atoms with E-state index >= 15 is 0 Å². The smallest absolute Gasteiger partial charge is 0.233 e. The van der Waals surface area contributed by atoms with Crippen LogP contribution in [0, 0.1) is 23.7 Å². The number of amides is 2. The van der Waals surface area contributed by atoms with E-state index in [0.29, 0.717) is 13.1 Å². The topological polar surface area (TPSA) is 80.3 Å². The molecule has 2 bridgehead atoms. The number of halogens is 1. The number of nitrogens with zero attached hydrogens (tertiary/aromatic N) is 4. The van der Waals surface area contributed by atoms with Gasteiger partial charge in [0.1, 0.15) is 0 Å². The van der Waals surface area contributed by atoms with Gasteiger partial charge < -0.3 is 20.4 Å². The summed E-state index contributed by atoms with van der Waals surface area (Å²) in [5.74, 6) is 1.15. The minimum Gasteiger partial charge on any atom is -0.357 e. The number of hydrogen-bond acceptors (Lipinski definition) is 5. The number of carbonyl (C=O) groups excluding carboxylic acids is 2. The van der Waals surface area contributed by atoms with Gasteiger partial charge in [-0.3, -0.25) is 19.5 Å². The van der Waals surface area contributed by atoms with Crippen LogP contribution in [-0.2, 0) is 9.59 Å². The van der Waals surface area contributed by atoms with Crippen LogP contribution in [0.25, 0.3) is 0 Å². The lowest BCUT2D eigenvalue weighted by atomic mass is 9.85. The van der Waals surface area contributed by atoms with Crippen LogP contribution in [0.3, 0.4) is 0 Å². The second-order valence-electron chi connectivity index (χ2n) is 9.37. The SMILES string of the molecule is CCNC(=NCCCCN1CCN(C)CC1)NCCN1C(=O)C2C3C=CC(C3)C2C1=O.I. The van der Waals surface area contributed by atoms with Gasteiger partial charge in [-0.1, -0.05) is 12.2 Å². The fraction of sp³-hybridized carbons (Fsp3) is 0.783. The molecule has 0 radical (unpaired) electrons. The molecular formula is C23H39IN6O2. The zero-order valence-corrected chi connectivity index (χ0v) is 21.8. The minimum atomic E-state index is -0.107. The number of guanidine groups is 1. The van der Waals surface area contributed by atoms with Crippen LogP contribution in [0.2, 0.25) is 0 Å². The highest BCUT2D eigenvalue weighted by Gasteiger charge is 2.58. The number of allylic oxidation sites excluding steroid dienone is 2. The van der Waals surface area contributed by atoms with Gasteiger partial charge in [-0.15, -0.1) is 24.0 Å². The van der Waals surface area contributed by atoms with Crippen molar-refractivity contribution in [2.45, 2.75) is 26.2 Å². The summed E-state index contributed by atoms with van der Waals surface area (Å²) in [5, 5.41) is 6.56. The van der Waals surface area contributed by atoms with Gasteiger partial charge in [0.2, 0.25) is 11.8 Å². The third kappa shape index (κ3) is 5.64. The summed E-state index contributed by atoms with van der Waals surface area (Å²) >= 11 is 0. The first-order valence-electron chi connectivity index (χ1n) is 12.0. The van der Waals surface area contributed by atoms with Gasteiger partial charge in [0.05, 0.1) is 11.8 Å². The molecule has 180 valence electrons. The summed E-state index contributed by atoms with van der Waals surface area (Å²) < 4.78 is 0. The highest BCUT2D eigenvalue weighted by atomic mass is 127. The molecule has 2 aliphatic heterocycles. The van der Waals surface area contributed by atoms with E-state index in [0.717, 1.165) is 71.0 Å². The summed E-state index contributed by atoms with van der Waals surface area (Å²) in [7, 11) is 2.18. The van der Waals surface area contributed by atoms with Crippen LogP contribution >= 0.6 is 24.0 Å². The Kier molecular flexibility index (Phi) is 9.36. The number of aliphatic imine (C=N–C) groups is 1. The molecular weight excluding hydrogens is 519 g/mol. The molecule has 0 aromatic carbocycles. The average molecular weight is 559 g/mol.